The zero-order chi connectivity index (χ0) is 23.4. The Morgan fingerprint density at radius 1 is 1.15 bits per heavy atom. The molecule has 2 aromatic heterocycles. The summed E-state index contributed by atoms with van der Waals surface area (Å²) in [5.74, 6) is 1.72. The second-order valence-electron chi connectivity index (χ2n) is 7.21. The average Bonchev–Trinajstić information content (AvgIpc) is 3.19. The number of furan rings is 1. The van der Waals surface area contributed by atoms with Crippen molar-refractivity contribution >= 4 is 34.7 Å². The molecular formula is C24H22N2O6S. The van der Waals surface area contributed by atoms with Gasteiger partial charge in [0.05, 0.1) is 36.3 Å². The fraction of sp³-hybridized carbons (Fsp3) is 0.167. The van der Waals surface area contributed by atoms with E-state index < -0.39 is 6.10 Å². The van der Waals surface area contributed by atoms with Gasteiger partial charge in [-0.1, -0.05) is 6.07 Å². The van der Waals surface area contributed by atoms with Crippen LogP contribution in [0.3, 0.4) is 0 Å². The molecule has 2 heterocycles. The lowest BCUT2D eigenvalue weighted by molar-refractivity contribution is -0.160. The van der Waals surface area contributed by atoms with Gasteiger partial charge in [0, 0.05) is 10.5 Å². The van der Waals surface area contributed by atoms with Crippen LogP contribution in [0.15, 0.2) is 70.0 Å². The van der Waals surface area contributed by atoms with E-state index in [1.807, 2.05) is 25.1 Å². The number of aryl methyl sites for hydroxylation is 1. The van der Waals surface area contributed by atoms with E-state index in [2.05, 4.69) is 15.2 Å². The van der Waals surface area contributed by atoms with Gasteiger partial charge in [-0.25, -0.2) is 9.87 Å². The number of hydrogen-bond donors (Lipinski definition) is 2. The number of aliphatic hydroxyl groups excluding tert-OH is 1. The number of nitrogens with zero attached hydrogens (tertiary/aromatic N) is 1. The molecule has 4 aromatic rings. The van der Waals surface area contributed by atoms with Crippen molar-refractivity contribution in [2.45, 2.75) is 24.8 Å². The van der Waals surface area contributed by atoms with Crippen molar-refractivity contribution in [2.75, 3.05) is 12.4 Å². The minimum atomic E-state index is -0.741. The fourth-order valence-corrected chi connectivity index (χ4v) is 3.55. The summed E-state index contributed by atoms with van der Waals surface area (Å²) in [5, 5.41) is 13.2. The molecule has 0 radical (unpaired) electrons. The van der Waals surface area contributed by atoms with Crippen LogP contribution in [0.1, 0.15) is 34.8 Å². The highest BCUT2D eigenvalue weighted by molar-refractivity contribution is 7.94. The molecule has 4 rings (SSSR count). The summed E-state index contributed by atoms with van der Waals surface area (Å²) in [6.45, 7) is 3.44. The Morgan fingerprint density at radius 3 is 2.67 bits per heavy atom. The summed E-state index contributed by atoms with van der Waals surface area (Å²) < 4.78 is 16.7. The fourth-order valence-electron chi connectivity index (χ4n) is 3.16. The molecule has 2 N–H and O–H groups in total. The van der Waals surface area contributed by atoms with E-state index in [-0.39, 0.29) is 5.91 Å². The number of pyridine rings is 1. The zero-order valence-corrected chi connectivity index (χ0v) is 19.0. The number of hydrogen-bond acceptors (Lipinski definition) is 8. The van der Waals surface area contributed by atoms with Gasteiger partial charge in [-0.15, -0.1) is 0 Å². The summed E-state index contributed by atoms with van der Waals surface area (Å²) in [6.07, 6.45) is -0.741. The molecule has 0 spiro atoms. The number of anilines is 1. The van der Waals surface area contributed by atoms with Gasteiger partial charge in [-0.2, -0.15) is 4.33 Å². The maximum atomic E-state index is 13.0. The molecule has 8 nitrogen and oxygen atoms in total. The molecule has 0 fully saturated rings. The molecule has 0 saturated heterocycles. The van der Waals surface area contributed by atoms with E-state index in [4.69, 9.17) is 13.5 Å². The van der Waals surface area contributed by atoms with Crippen molar-refractivity contribution in [3.63, 3.8) is 0 Å². The third-order valence-electron chi connectivity index (χ3n) is 4.67. The molecule has 33 heavy (non-hydrogen) atoms. The van der Waals surface area contributed by atoms with Crippen LogP contribution in [0.25, 0.3) is 11.0 Å². The normalized spacial score (nSPS) is 12.0. The molecule has 2 aromatic carbocycles. The number of carbonyl (C=O) groups is 1. The smallest absolute Gasteiger partial charge is 0.257 e. The maximum absolute atomic E-state index is 13.0. The topological polar surface area (TPSA) is 103 Å². The highest BCUT2D eigenvalue weighted by Crippen LogP contribution is 2.34. The average molecular weight is 467 g/mol. The molecule has 0 saturated carbocycles. The number of ether oxygens (including phenoxy) is 1. The second kappa shape index (κ2) is 10.1. The van der Waals surface area contributed by atoms with E-state index in [9.17, 15) is 9.90 Å². The van der Waals surface area contributed by atoms with Crippen molar-refractivity contribution < 1.29 is 28.3 Å². The van der Waals surface area contributed by atoms with Gasteiger partial charge in [0.2, 0.25) is 0 Å². The third kappa shape index (κ3) is 5.52. The first-order valence-electron chi connectivity index (χ1n) is 10.1. The van der Waals surface area contributed by atoms with Crippen LogP contribution < -0.4 is 10.1 Å². The first-order valence-corrected chi connectivity index (χ1v) is 10.8. The number of rotatable bonds is 8. The lowest BCUT2D eigenvalue weighted by atomic mass is 10.1. The minimum absolute atomic E-state index is 0.336. The highest BCUT2D eigenvalue weighted by atomic mass is 32.2. The first-order chi connectivity index (χ1) is 15.9. The number of benzene rings is 2. The van der Waals surface area contributed by atoms with E-state index >= 15 is 0 Å². The Hall–Kier alpha value is -3.37. The Labute approximate surface area is 194 Å². The summed E-state index contributed by atoms with van der Waals surface area (Å²) in [4.78, 5) is 22.6. The lowest BCUT2D eigenvalue weighted by Gasteiger charge is -2.11. The van der Waals surface area contributed by atoms with Crippen molar-refractivity contribution in [1.82, 2.24) is 4.98 Å². The number of aliphatic hydroxyl groups is 1. The van der Waals surface area contributed by atoms with E-state index in [1.54, 1.807) is 49.4 Å². The van der Waals surface area contributed by atoms with E-state index in [0.717, 1.165) is 22.3 Å². The van der Waals surface area contributed by atoms with Gasteiger partial charge >= 0.3 is 0 Å². The third-order valence-corrected chi connectivity index (χ3v) is 5.34. The van der Waals surface area contributed by atoms with Crippen molar-refractivity contribution in [1.29, 1.82) is 0 Å². The van der Waals surface area contributed by atoms with Crippen molar-refractivity contribution in [2.24, 2.45) is 0 Å². The van der Waals surface area contributed by atoms with Crippen LogP contribution in [0.4, 0.5) is 5.82 Å². The number of aromatic nitrogens is 1. The van der Waals surface area contributed by atoms with Gasteiger partial charge in [0.15, 0.2) is 0 Å². The summed E-state index contributed by atoms with van der Waals surface area (Å²) >= 11 is 1.08. The Morgan fingerprint density at radius 2 is 1.94 bits per heavy atom. The van der Waals surface area contributed by atoms with Crippen LogP contribution in [0.5, 0.6) is 11.5 Å². The molecule has 0 aliphatic heterocycles. The molecular weight excluding hydrogens is 444 g/mol. The zero-order valence-electron chi connectivity index (χ0n) is 18.2. The standard InChI is InChI=1S/C24H22N2O6S/c1-14-11-19-21(30-14)12-16(24(28)26-23-6-4-5-20(25-23)15(2)27)13-22(19)31-17-7-9-18(10-8-17)33-32-29-3/h4-13,15,27H,1-3H3,(H,25,26,28). The summed E-state index contributed by atoms with van der Waals surface area (Å²) in [5.41, 5.74) is 1.34. The monoisotopic (exact) mass is 466 g/mol. The van der Waals surface area contributed by atoms with Crippen LogP contribution in [-0.4, -0.2) is 23.1 Å². The van der Waals surface area contributed by atoms with E-state index in [1.165, 1.54) is 7.11 Å². The van der Waals surface area contributed by atoms with Crippen molar-refractivity contribution in [3.8, 4) is 11.5 Å². The van der Waals surface area contributed by atoms with Crippen LogP contribution in [-0.2, 0) is 9.22 Å². The van der Waals surface area contributed by atoms with E-state index in [0.29, 0.717) is 39.9 Å². The molecule has 1 amide bonds. The molecule has 9 heteroatoms. The lowest BCUT2D eigenvalue weighted by Crippen LogP contribution is -2.13. The second-order valence-corrected chi connectivity index (χ2v) is 7.99. The summed E-state index contributed by atoms with van der Waals surface area (Å²) in [6, 6.07) is 17.5. The van der Waals surface area contributed by atoms with Crippen LogP contribution >= 0.6 is 12.0 Å². The first kappa shape index (κ1) is 22.8. The highest BCUT2D eigenvalue weighted by Gasteiger charge is 2.16. The Balaban J connectivity index is 1.61. The predicted octanol–water partition coefficient (Wildman–Crippen LogP) is 5.82. The molecule has 1 atom stereocenters. The minimum Gasteiger partial charge on any atom is -0.461 e. The van der Waals surface area contributed by atoms with Crippen molar-refractivity contribution in [3.05, 3.63) is 77.7 Å². The van der Waals surface area contributed by atoms with Gasteiger partial charge in [0.1, 0.15) is 28.7 Å². The van der Waals surface area contributed by atoms with Gasteiger partial charge < -0.3 is 19.6 Å². The van der Waals surface area contributed by atoms with Gasteiger partial charge in [-0.3, -0.25) is 4.79 Å². The summed E-state index contributed by atoms with van der Waals surface area (Å²) in [7, 11) is 1.44. The number of amides is 1. The van der Waals surface area contributed by atoms with Crippen LogP contribution in [0, 0.1) is 6.92 Å². The maximum Gasteiger partial charge on any atom is 0.257 e. The number of carbonyl (C=O) groups excluding carboxylic acids is 1. The van der Waals surface area contributed by atoms with Gasteiger partial charge in [-0.05, 0) is 68.4 Å². The van der Waals surface area contributed by atoms with Crippen LogP contribution in [0.2, 0.25) is 0 Å². The number of nitrogens with one attached hydrogen (secondary N) is 1. The predicted molar refractivity (Wildman–Crippen MR) is 124 cm³/mol. The Kier molecular flexibility index (Phi) is 6.95. The molecule has 170 valence electrons. The SMILES string of the molecule is COOSc1ccc(Oc2cc(C(=O)Nc3cccc(C(C)O)n3)cc3oc(C)cc23)cc1. The van der Waals surface area contributed by atoms with Gasteiger partial charge in [0.25, 0.3) is 5.91 Å². The number of fused-ring (bicyclic) bond motifs is 1. The molecule has 0 aliphatic rings. The quantitative estimate of drug-likeness (QED) is 0.190. The Bertz CT molecular complexity index is 1270. The molecule has 0 aliphatic carbocycles. The molecule has 0 bridgehead atoms. The largest absolute Gasteiger partial charge is 0.461 e. The molecule has 1 unspecified atom stereocenters.